The monoisotopic (exact) mass is 201 g/mol. The summed E-state index contributed by atoms with van der Waals surface area (Å²) in [5, 5.41) is 0. The molecule has 2 N–H and O–H groups in total. The molecular formula is C10H18ClN2+. The smallest absolute Gasteiger partial charge is 0.134 e. The molecular weight excluding hydrogens is 184 g/mol. The Labute approximate surface area is 86.4 Å². The Hall–Kier alpha value is -0.570. The van der Waals surface area contributed by atoms with Crippen molar-refractivity contribution in [2.45, 2.75) is 6.92 Å². The van der Waals surface area contributed by atoms with Crippen LogP contribution in [0.4, 0.5) is 5.69 Å². The predicted octanol–water partition coefficient (Wildman–Crippen LogP) is 1.90. The molecule has 1 rings (SSSR count). The number of quaternary nitrogens is 1. The van der Waals surface area contributed by atoms with Crippen molar-refractivity contribution in [2.75, 3.05) is 20.8 Å². The second-order valence-corrected chi connectivity index (χ2v) is 3.70. The van der Waals surface area contributed by atoms with Gasteiger partial charge in [-0.15, -0.1) is 12.4 Å². The van der Waals surface area contributed by atoms with Crippen molar-refractivity contribution in [1.29, 1.82) is 0 Å². The maximum absolute atomic E-state index is 5.65. The van der Waals surface area contributed by atoms with Gasteiger partial charge in [0.05, 0.1) is 14.1 Å². The zero-order chi connectivity index (χ0) is 9.19. The normalized spacial score (nSPS) is 10.8. The third-order valence-corrected chi connectivity index (χ3v) is 2.19. The van der Waals surface area contributed by atoms with Crippen LogP contribution in [0.5, 0.6) is 0 Å². The topological polar surface area (TPSA) is 26.0 Å². The van der Waals surface area contributed by atoms with Crippen LogP contribution in [0, 0.1) is 6.92 Å². The second-order valence-electron chi connectivity index (χ2n) is 3.70. The lowest BCUT2D eigenvalue weighted by atomic mass is 10.2. The Kier molecular flexibility index (Phi) is 4.40. The Morgan fingerprint density at radius 3 is 2.00 bits per heavy atom. The zero-order valence-electron chi connectivity index (χ0n) is 8.45. The van der Waals surface area contributed by atoms with E-state index in [1.165, 1.54) is 11.3 Å². The summed E-state index contributed by atoms with van der Waals surface area (Å²) in [5.41, 5.74) is 8.19. The largest absolute Gasteiger partial charge is 0.284 e. The van der Waals surface area contributed by atoms with Crippen LogP contribution in [0.2, 0.25) is 0 Å². The van der Waals surface area contributed by atoms with Crippen molar-refractivity contribution in [1.82, 2.24) is 4.48 Å². The number of hydrogen-bond donors (Lipinski definition) is 1. The molecule has 0 saturated carbocycles. The van der Waals surface area contributed by atoms with Gasteiger partial charge in [-0.05, 0) is 19.1 Å². The van der Waals surface area contributed by atoms with Crippen molar-refractivity contribution in [2.24, 2.45) is 5.73 Å². The Bertz CT molecular complexity index is 254. The molecule has 0 aliphatic rings. The molecule has 3 heteroatoms. The molecule has 74 valence electrons. The molecule has 0 aromatic heterocycles. The van der Waals surface area contributed by atoms with E-state index in [-0.39, 0.29) is 12.4 Å². The highest BCUT2D eigenvalue weighted by Gasteiger charge is 2.15. The summed E-state index contributed by atoms with van der Waals surface area (Å²) in [6.07, 6.45) is 0. The van der Waals surface area contributed by atoms with Gasteiger partial charge in [-0.25, -0.2) is 0 Å². The first-order chi connectivity index (χ1) is 5.56. The van der Waals surface area contributed by atoms with E-state index in [0.29, 0.717) is 6.67 Å². The number of aryl methyl sites for hydroxylation is 1. The van der Waals surface area contributed by atoms with E-state index in [1.54, 1.807) is 0 Å². The number of rotatable bonds is 2. The average molecular weight is 202 g/mol. The minimum atomic E-state index is 0. The van der Waals surface area contributed by atoms with Crippen LogP contribution in [0.15, 0.2) is 24.3 Å². The van der Waals surface area contributed by atoms with Gasteiger partial charge in [-0.1, -0.05) is 17.7 Å². The van der Waals surface area contributed by atoms with Gasteiger partial charge in [-0.2, -0.15) is 0 Å². The van der Waals surface area contributed by atoms with Crippen LogP contribution >= 0.6 is 12.4 Å². The van der Waals surface area contributed by atoms with E-state index in [4.69, 9.17) is 5.73 Å². The number of benzene rings is 1. The van der Waals surface area contributed by atoms with Crippen LogP contribution in [0.25, 0.3) is 0 Å². The molecule has 1 aromatic carbocycles. The summed E-state index contributed by atoms with van der Waals surface area (Å²) >= 11 is 0. The standard InChI is InChI=1S/C10H17N2.ClH/c1-9-4-6-10(7-5-9)12(2,3)8-11;/h4-7H,8,11H2,1-3H3;1H/q+1;. The lowest BCUT2D eigenvalue weighted by molar-refractivity contribution is 0.411. The Morgan fingerprint density at radius 1 is 1.15 bits per heavy atom. The van der Waals surface area contributed by atoms with Gasteiger partial charge in [0, 0.05) is 0 Å². The Morgan fingerprint density at radius 2 is 1.62 bits per heavy atom. The molecule has 0 spiro atoms. The van der Waals surface area contributed by atoms with Crippen molar-refractivity contribution < 1.29 is 0 Å². The van der Waals surface area contributed by atoms with E-state index >= 15 is 0 Å². The van der Waals surface area contributed by atoms with E-state index in [1.807, 2.05) is 0 Å². The molecule has 0 saturated heterocycles. The lowest BCUT2D eigenvalue weighted by Crippen LogP contribution is -2.45. The van der Waals surface area contributed by atoms with Gasteiger partial charge in [0.25, 0.3) is 0 Å². The maximum Gasteiger partial charge on any atom is 0.134 e. The fraction of sp³-hybridized carbons (Fsp3) is 0.400. The summed E-state index contributed by atoms with van der Waals surface area (Å²) in [6.45, 7) is 2.72. The van der Waals surface area contributed by atoms with Crippen molar-refractivity contribution >= 4 is 18.1 Å². The third-order valence-electron chi connectivity index (χ3n) is 2.19. The van der Waals surface area contributed by atoms with Gasteiger partial charge in [0.1, 0.15) is 12.4 Å². The summed E-state index contributed by atoms with van der Waals surface area (Å²) in [4.78, 5) is 0. The van der Waals surface area contributed by atoms with Crippen molar-refractivity contribution in [3.63, 3.8) is 0 Å². The first-order valence-electron chi connectivity index (χ1n) is 4.16. The second kappa shape index (κ2) is 4.61. The van der Waals surface area contributed by atoms with E-state index in [9.17, 15) is 0 Å². The van der Waals surface area contributed by atoms with Gasteiger partial charge in [0.2, 0.25) is 0 Å². The molecule has 0 bridgehead atoms. The summed E-state index contributed by atoms with van der Waals surface area (Å²) in [7, 11) is 4.20. The molecule has 2 nitrogen and oxygen atoms in total. The van der Waals surface area contributed by atoms with E-state index in [2.05, 4.69) is 45.3 Å². The van der Waals surface area contributed by atoms with Crippen LogP contribution in [-0.2, 0) is 0 Å². The molecule has 13 heavy (non-hydrogen) atoms. The van der Waals surface area contributed by atoms with Gasteiger partial charge in [-0.3, -0.25) is 10.2 Å². The van der Waals surface area contributed by atoms with Crippen LogP contribution in [0.1, 0.15) is 5.56 Å². The molecule has 0 atom stereocenters. The van der Waals surface area contributed by atoms with Crippen LogP contribution in [-0.4, -0.2) is 20.8 Å². The molecule has 0 amide bonds. The zero-order valence-corrected chi connectivity index (χ0v) is 9.27. The number of hydrogen-bond acceptors (Lipinski definition) is 1. The average Bonchev–Trinajstić information content (AvgIpc) is 2.05. The minimum absolute atomic E-state index is 0. The minimum Gasteiger partial charge on any atom is -0.284 e. The van der Waals surface area contributed by atoms with E-state index < -0.39 is 0 Å². The molecule has 0 unspecified atom stereocenters. The molecule has 0 fully saturated rings. The molecule has 1 aromatic rings. The van der Waals surface area contributed by atoms with Crippen molar-refractivity contribution in [3.8, 4) is 0 Å². The van der Waals surface area contributed by atoms with E-state index in [0.717, 1.165) is 4.48 Å². The third kappa shape index (κ3) is 2.99. The summed E-state index contributed by atoms with van der Waals surface area (Å²) in [6, 6.07) is 8.49. The quantitative estimate of drug-likeness (QED) is 0.574. The van der Waals surface area contributed by atoms with Gasteiger partial charge < -0.3 is 0 Å². The maximum atomic E-state index is 5.65. The number of halogens is 1. The van der Waals surface area contributed by atoms with Crippen LogP contribution < -0.4 is 10.2 Å². The molecule has 0 radical (unpaired) electrons. The highest BCUT2D eigenvalue weighted by atomic mass is 35.5. The lowest BCUT2D eigenvalue weighted by Gasteiger charge is -2.27. The summed E-state index contributed by atoms with van der Waals surface area (Å²) in [5.74, 6) is 0. The first-order valence-corrected chi connectivity index (χ1v) is 4.16. The predicted molar refractivity (Wildman–Crippen MR) is 61.1 cm³/mol. The van der Waals surface area contributed by atoms with Crippen LogP contribution in [0.3, 0.4) is 0 Å². The Balaban J connectivity index is 0.00000144. The van der Waals surface area contributed by atoms with Gasteiger partial charge >= 0.3 is 0 Å². The SMILES string of the molecule is Cc1ccc([N+](C)(C)CN)cc1.Cl. The molecule has 0 aliphatic heterocycles. The molecule has 0 heterocycles. The van der Waals surface area contributed by atoms with Crippen molar-refractivity contribution in [3.05, 3.63) is 29.8 Å². The highest BCUT2D eigenvalue weighted by Crippen LogP contribution is 2.17. The summed E-state index contributed by atoms with van der Waals surface area (Å²) < 4.78 is 0.736. The number of nitrogens with zero attached hydrogens (tertiary/aromatic N) is 1. The first kappa shape index (κ1) is 12.4. The van der Waals surface area contributed by atoms with Gasteiger partial charge in [0.15, 0.2) is 0 Å². The highest BCUT2D eigenvalue weighted by molar-refractivity contribution is 5.85. The fourth-order valence-corrected chi connectivity index (χ4v) is 1.05. The number of nitrogens with two attached hydrogens (primary N) is 1. The fourth-order valence-electron chi connectivity index (χ4n) is 1.05. The molecule has 0 aliphatic carbocycles.